The van der Waals surface area contributed by atoms with Crippen LogP contribution in [0, 0.1) is 0 Å². The number of aliphatic hydroxyl groups excluding tert-OH is 1. The molecular formula is C18H14O2. The summed E-state index contributed by atoms with van der Waals surface area (Å²) in [5.74, 6) is 0. The highest BCUT2D eigenvalue weighted by Gasteiger charge is 2.12. The molecule has 0 unspecified atom stereocenters. The van der Waals surface area contributed by atoms with E-state index in [1.807, 2.05) is 48.5 Å². The second kappa shape index (κ2) is 5.27. The zero-order valence-electron chi connectivity index (χ0n) is 10.9. The van der Waals surface area contributed by atoms with E-state index in [4.69, 9.17) is 0 Å². The fourth-order valence-electron chi connectivity index (χ4n) is 2.62. The van der Waals surface area contributed by atoms with Crippen LogP contribution < -0.4 is 0 Å². The summed E-state index contributed by atoms with van der Waals surface area (Å²) < 4.78 is 0. The number of carbonyl (C=O) groups excluding carboxylic acids is 1. The van der Waals surface area contributed by atoms with E-state index in [0.29, 0.717) is 5.56 Å². The minimum absolute atomic E-state index is 0.0831. The van der Waals surface area contributed by atoms with Crippen molar-refractivity contribution in [2.75, 3.05) is 0 Å². The predicted molar refractivity (Wildman–Crippen MR) is 80.7 cm³/mol. The summed E-state index contributed by atoms with van der Waals surface area (Å²) in [5.41, 5.74) is 3.18. The fraction of sp³-hybridized carbons (Fsp3) is 0.0556. The molecule has 0 bridgehead atoms. The molecule has 0 atom stereocenters. The number of carbonyl (C=O) groups is 1. The van der Waals surface area contributed by atoms with Crippen LogP contribution in [-0.2, 0) is 6.61 Å². The van der Waals surface area contributed by atoms with Crippen LogP contribution in [0.3, 0.4) is 0 Å². The topological polar surface area (TPSA) is 37.3 Å². The van der Waals surface area contributed by atoms with Crippen molar-refractivity contribution in [3.8, 4) is 11.1 Å². The monoisotopic (exact) mass is 262 g/mol. The molecule has 0 saturated heterocycles. The van der Waals surface area contributed by atoms with Gasteiger partial charge in [0.05, 0.1) is 6.61 Å². The Labute approximate surface area is 117 Å². The summed E-state index contributed by atoms with van der Waals surface area (Å²) in [7, 11) is 0. The average Bonchev–Trinajstić information content (AvgIpc) is 2.53. The minimum Gasteiger partial charge on any atom is -0.392 e. The van der Waals surface area contributed by atoms with E-state index in [0.717, 1.165) is 33.7 Å². The normalized spacial score (nSPS) is 10.7. The molecule has 3 aromatic carbocycles. The molecule has 0 aromatic heterocycles. The van der Waals surface area contributed by atoms with Gasteiger partial charge in [-0.1, -0.05) is 60.7 Å². The van der Waals surface area contributed by atoms with Crippen molar-refractivity contribution in [1.82, 2.24) is 0 Å². The molecule has 2 nitrogen and oxygen atoms in total. The summed E-state index contributed by atoms with van der Waals surface area (Å²) in [6, 6.07) is 19.5. The maximum absolute atomic E-state index is 11.3. The number of aliphatic hydroxyl groups is 1. The molecule has 0 heterocycles. The van der Waals surface area contributed by atoms with E-state index in [1.165, 1.54) is 0 Å². The van der Waals surface area contributed by atoms with Crippen molar-refractivity contribution in [2.24, 2.45) is 0 Å². The molecule has 2 heteroatoms. The van der Waals surface area contributed by atoms with Crippen molar-refractivity contribution < 1.29 is 9.90 Å². The van der Waals surface area contributed by atoms with E-state index in [1.54, 1.807) is 12.1 Å². The van der Waals surface area contributed by atoms with Gasteiger partial charge in [0.2, 0.25) is 0 Å². The van der Waals surface area contributed by atoms with Crippen LogP contribution in [-0.4, -0.2) is 11.4 Å². The quantitative estimate of drug-likeness (QED) is 0.729. The standard InChI is InChI=1S/C18H14O2/c19-11-14-7-3-8-15(12-20)18(14)17-10-4-6-13-5-1-2-9-16(13)17/h1-11,20H,12H2. The van der Waals surface area contributed by atoms with Gasteiger partial charge >= 0.3 is 0 Å². The van der Waals surface area contributed by atoms with Crippen LogP contribution in [0.25, 0.3) is 21.9 Å². The highest BCUT2D eigenvalue weighted by molar-refractivity contribution is 6.01. The average molecular weight is 262 g/mol. The Morgan fingerprint density at radius 3 is 2.45 bits per heavy atom. The highest BCUT2D eigenvalue weighted by Crippen LogP contribution is 2.33. The summed E-state index contributed by atoms with van der Waals surface area (Å²) in [5, 5.41) is 11.8. The van der Waals surface area contributed by atoms with Gasteiger partial charge in [0.25, 0.3) is 0 Å². The van der Waals surface area contributed by atoms with Gasteiger partial charge in [-0.05, 0) is 27.5 Å². The maximum atomic E-state index is 11.3. The molecule has 0 radical (unpaired) electrons. The van der Waals surface area contributed by atoms with E-state index in [9.17, 15) is 9.90 Å². The molecule has 3 aromatic rings. The van der Waals surface area contributed by atoms with Gasteiger partial charge in [-0.25, -0.2) is 0 Å². The van der Waals surface area contributed by atoms with Crippen molar-refractivity contribution in [3.63, 3.8) is 0 Å². The molecule has 0 spiro atoms. The number of benzene rings is 3. The van der Waals surface area contributed by atoms with Crippen LogP contribution in [0.4, 0.5) is 0 Å². The van der Waals surface area contributed by atoms with Crippen molar-refractivity contribution in [3.05, 3.63) is 71.8 Å². The van der Waals surface area contributed by atoms with Gasteiger partial charge < -0.3 is 5.11 Å². The Balaban J connectivity index is 2.39. The Bertz CT molecular complexity index is 770. The molecule has 0 fully saturated rings. The molecular weight excluding hydrogens is 248 g/mol. The van der Waals surface area contributed by atoms with Gasteiger partial charge in [0, 0.05) is 5.56 Å². The largest absolute Gasteiger partial charge is 0.392 e. The molecule has 0 aliphatic rings. The lowest BCUT2D eigenvalue weighted by Gasteiger charge is -2.13. The van der Waals surface area contributed by atoms with Gasteiger partial charge in [0.15, 0.2) is 6.29 Å². The predicted octanol–water partition coefficient (Wildman–Crippen LogP) is 3.81. The van der Waals surface area contributed by atoms with Gasteiger partial charge in [-0.15, -0.1) is 0 Å². The highest BCUT2D eigenvalue weighted by atomic mass is 16.3. The van der Waals surface area contributed by atoms with Crippen LogP contribution in [0.1, 0.15) is 15.9 Å². The summed E-state index contributed by atoms with van der Waals surface area (Å²) in [6.45, 7) is -0.0831. The third-order valence-corrected chi connectivity index (χ3v) is 3.54. The van der Waals surface area contributed by atoms with Crippen molar-refractivity contribution in [2.45, 2.75) is 6.61 Å². The Morgan fingerprint density at radius 2 is 1.65 bits per heavy atom. The van der Waals surface area contributed by atoms with Crippen LogP contribution in [0.5, 0.6) is 0 Å². The summed E-state index contributed by atoms with van der Waals surface area (Å²) in [6.07, 6.45) is 0.844. The fourth-order valence-corrected chi connectivity index (χ4v) is 2.62. The Kier molecular flexibility index (Phi) is 3.32. The lowest BCUT2D eigenvalue weighted by molar-refractivity contribution is 0.112. The van der Waals surface area contributed by atoms with Crippen LogP contribution in [0.15, 0.2) is 60.7 Å². The second-order valence-corrected chi connectivity index (χ2v) is 4.68. The van der Waals surface area contributed by atoms with Gasteiger partial charge in [-0.3, -0.25) is 4.79 Å². The zero-order valence-corrected chi connectivity index (χ0v) is 10.9. The third-order valence-electron chi connectivity index (χ3n) is 3.54. The first-order chi connectivity index (χ1) is 9.85. The minimum atomic E-state index is -0.0831. The van der Waals surface area contributed by atoms with E-state index < -0.39 is 0 Å². The lowest BCUT2D eigenvalue weighted by atomic mass is 9.91. The van der Waals surface area contributed by atoms with Crippen LogP contribution >= 0.6 is 0 Å². The number of hydrogen-bond acceptors (Lipinski definition) is 2. The third kappa shape index (κ3) is 2.00. The smallest absolute Gasteiger partial charge is 0.150 e. The maximum Gasteiger partial charge on any atom is 0.150 e. The van der Waals surface area contributed by atoms with E-state index >= 15 is 0 Å². The summed E-state index contributed by atoms with van der Waals surface area (Å²) >= 11 is 0. The Hall–Kier alpha value is -2.45. The van der Waals surface area contributed by atoms with Crippen LogP contribution in [0.2, 0.25) is 0 Å². The van der Waals surface area contributed by atoms with Crippen molar-refractivity contribution >= 4 is 17.1 Å². The number of hydrogen-bond donors (Lipinski definition) is 1. The first-order valence-corrected chi connectivity index (χ1v) is 6.51. The summed E-state index contributed by atoms with van der Waals surface area (Å²) in [4.78, 5) is 11.3. The molecule has 0 saturated carbocycles. The molecule has 0 aliphatic heterocycles. The molecule has 0 aliphatic carbocycles. The first kappa shape index (κ1) is 12.6. The second-order valence-electron chi connectivity index (χ2n) is 4.68. The number of aldehydes is 1. The van der Waals surface area contributed by atoms with Crippen molar-refractivity contribution in [1.29, 1.82) is 0 Å². The molecule has 0 amide bonds. The zero-order chi connectivity index (χ0) is 13.9. The SMILES string of the molecule is O=Cc1cccc(CO)c1-c1cccc2ccccc12. The molecule has 3 rings (SSSR count). The molecule has 98 valence electrons. The van der Waals surface area contributed by atoms with E-state index in [2.05, 4.69) is 0 Å². The lowest BCUT2D eigenvalue weighted by Crippen LogP contribution is -1.95. The van der Waals surface area contributed by atoms with E-state index in [-0.39, 0.29) is 6.61 Å². The Morgan fingerprint density at radius 1 is 0.900 bits per heavy atom. The number of rotatable bonds is 3. The molecule has 1 N–H and O–H groups in total. The van der Waals surface area contributed by atoms with Gasteiger partial charge in [-0.2, -0.15) is 0 Å². The number of fused-ring (bicyclic) bond motifs is 1. The van der Waals surface area contributed by atoms with Gasteiger partial charge in [0.1, 0.15) is 0 Å². The first-order valence-electron chi connectivity index (χ1n) is 6.51. The molecule has 20 heavy (non-hydrogen) atoms.